The molecule has 0 amide bonds. The van der Waals surface area contributed by atoms with E-state index >= 15 is 0 Å². The maximum atomic E-state index is 5.63. The van der Waals surface area contributed by atoms with Crippen LogP contribution in [0.4, 0.5) is 0 Å². The van der Waals surface area contributed by atoms with Crippen LogP contribution in [0, 0.1) is 5.92 Å². The maximum Gasteiger partial charge on any atom is 0.236 e. The Hall–Kier alpha value is -1.21. The van der Waals surface area contributed by atoms with Gasteiger partial charge in [-0.1, -0.05) is 12.5 Å². The van der Waals surface area contributed by atoms with Gasteiger partial charge in [-0.25, -0.2) is 4.98 Å². The van der Waals surface area contributed by atoms with E-state index in [1.165, 1.54) is 19.3 Å². The monoisotopic (exact) mass is 333 g/mol. The second-order valence-electron chi connectivity index (χ2n) is 6.34. The van der Waals surface area contributed by atoms with Crippen molar-refractivity contribution in [2.75, 3.05) is 19.8 Å². The number of hydrogen-bond acceptors (Lipinski definition) is 6. The number of nitrogens with zero attached hydrogens (tertiary/aromatic N) is 1. The third-order valence-corrected chi connectivity index (χ3v) is 5.72. The number of rotatable bonds is 5. The zero-order valence-corrected chi connectivity index (χ0v) is 14.0. The van der Waals surface area contributed by atoms with E-state index in [0.717, 1.165) is 42.8 Å². The average molecular weight is 333 g/mol. The van der Waals surface area contributed by atoms with Gasteiger partial charge in [-0.15, -0.1) is 11.3 Å². The predicted octanol–water partition coefficient (Wildman–Crippen LogP) is 2.65. The molecule has 124 valence electrons. The molecule has 3 unspecified atom stereocenters. The first kappa shape index (κ1) is 15.3. The molecule has 0 radical (unpaired) electrons. The summed E-state index contributed by atoms with van der Waals surface area (Å²) in [4.78, 5) is 5.67. The van der Waals surface area contributed by atoms with Gasteiger partial charge in [-0.05, 0) is 30.2 Å². The minimum Gasteiger partial charge on any atom is -0.444 e. The zero-order chi connectivity index (χ0) is 15.5. The highest BCUT2D eigenvalue weighted by Gasteiger charge is 2.34. The number of thiophene rings is 1. The van der Waals surface area contributed by atoms with Crippen molar-refractivity contribution in [1.29, 1.82) is 0 Å². The van der Waals surface area contributed by atoms with E-state index in [9.17, 15) is 0 Å². The Morgan fingerprint density at radius 3 is 3.22 bits per heavy atom. The smallest absolute Gasteiger partial charge is 0.236 e. The van der Waals surface area contributed by atoms with E-state index in [2.05, 4.69) is 15.6 Å². The Morgan fingerprint density at radius 1 is 1.39 bits per heavy atom. The zero-order valence-electron chi connectivity index (χ0n) is 13.2. The number of oxazole rings is 1. The molecule has 3 atom stereocenters. The van der Waals surface area contributed by atoms with Gasteiger partial charge in [0.25, 0.3) is 0 Å². The molecule has 2 aromatic heterocycles. The van der Waals surface area contributed by atoms with Crippen LogP contribution in [0.1, 0.15) is 25.0 Å². The lowest BCUT2D eigenvalue weighted by molar-refractivity contribution is 0.0524. The Labute approximate surface area is 140 Å². The third kappa shape index (κ3) is 3.50. The van der Waals surface area contributed by atoms with Gasteiger partial charge < -0.3 is 19.8 Å². The van der Waals surface area contributed by atoms with E-state index in [0.29, 0.717) is 18.0 Å². The van der Waals surface area contributed by atoms with Crippen LogP contribution < -0.4 is 10.6 Å². The molecule has 0 aromatic carbocycles. The second kappa shape index (κ2) is 7.13. The van der Waals surface area contributed by atoms with Crippen LogP contribution in [0.2, 0.25) is 0 Å². The van der Waals surface area contributed by atoms with Crippen molar-refractivity contribution in [2.24, 2.45) is 5.92 Å². The van der Waals surface area contributed by atoms with Crippen LogP contribution in [0.3, 0.4) is 0 Å². The molecule has 5 nitrogen and oxygen atoms in total. The topological polar surface area (TPSA) is 59.3 Å². The van der Waals surface area contributed by atoms with Gasteiger partial charge in [0.15, 0.2) is 0 Å². The largest absolute Gasteiger partial charge is 0.444 e. The molecule has 6 heteroatoms. The summed E-state index contributed by atoms with van der Waals surface area (Å²) in [5.74, 6) is 1.38. The van der Waals surface area contributed by atoms with Crippen molar-refractivity contribution in [3.8, 4) is 10.8 Å². The van der Waals surface area contributed by atoms with Crippen molar-refractivity contribution in [3.63, 3.8) is 0 Å². The van der Waals surface area contributed by atoms with Crippen LogP contribution in [0.5, 0.6) is 0 Å². The molecule has 1 saturated carbocycles. The van der Waals surface area contributed by atoms with Gasteiger partial charge >= 0.3 is 0 Å². The van der Waals surface area contributed by atoms with E-state index in [1.54, 1.807) is 17.6 Å². The highest BCUT2D eigenvalue weighted by molar-refractivity contribution is 7.13. The molecule has 3 heterocycles. The minimum absolute atomic E-state index is 0.489. The van der Waals surface area contributed by atoms with Crippen molar-refractivity contribution < 1.29 is 9.15 Å². The van der Waals surface area contributed by atoms with Gasteiger partial charge in [-0.2, -0.15) is 0 Å². The molecule has 23 heavy (non-hydrogen) atoms. The van der Waals surface area contributed by atoms with E-state index < -0.39 is 0 Å². The van der Waals surface area contributed by atoms with Crippen molar-refractivity contribution in [3.05, 3.63) is 29.5 Å². The summed E-state index contributed by atoms with van der Waals surface area (Å²) in [5, 5.41) is 9.34. The Balaban J connectivity index is 1.34. The lowest BCUT2D eigenvalue weighted by Gasteiger charge is -2.32. The van der Waals surface area contributed by atoms with Crippen LogP contribution in [0.25, 0.3) is 10.8 Å². The molecule has 0 spiro atoms. The number of aromatic nitrogens is 1. The Bertz CT molecular complexity index is 607. The Kier molecular flexibility index (Phi) is 4.75. The van der Waals surface area contributed by atoms with Gasteiger partial charge in [0, 0.05) is 25.2 Å². The van der Waals surface area contributed by atoms with Crippen LogP contribution in [-0.2, 0) is 11.3 Å². The van der Waals surface area contributed by atoms with Gasteiger partial charge in [-0.3, -0.25) is 0 Å². The normalized spacial score (nSPS) is 28.3. The lowest BCUT2D eigenvalue weighted by atomic mass is 9.94. The molecule has 1 aliphatic carbocycles. The van der Waals surface area contributed by atoms with Crippen LogP contribution in [-0.4, -0.2) is 36.8 Å². The molecule has 2 aliphatic rings. The molecule has 2 aromatic rings. The number of hydrogen-bond donors (Lipinski definition) is 2. The molecule has 1 aliphatic heterocycles. The second-order valence-corrected chi connectivity index (χ2v) is 7.29. The summed E-state index contributed by atoms with van der Waals surface area (Å²) >= 11 is 1.65. The summed E-state index contributed by atoms with van der Waals surface area (Å²) in [6, 6.07) is 5.08. The molecule has 1 saturated heterocycles. The van der Waals surface area contributed by atoms with E-state index in [1.807, 2.05) is 17.5 Å². The minimum atomic E-state index is 0.489. The summed E-state index contributed by atoms with van der Waals surface area (Å²) in [6.07, 6.45) is 5.57. The third-order valence-electron chi connectivity index (χ3n) is 4.87. The van der Waals surface area contributed by atoms with E-state index in [-0.39, 0.29) is 0 Å². The number of morpholine rings is 1. The first-order valence-electron chi connectivity index (χ1n) is 8.43. The molecule has 0 bridgehead atoms. The van der Waals surface area contributed by atoms with E-state index in [4.69, 9.17) is 9.15 Å². The molecule has 4 rings (SSSR count). The highest BCUT2D eigenvalue weighted by Crippen LogP contribution is 2.30. The quantitative estimate of drug-likeness (QED) is 0.881. The van der Waals surface area contributed by atoms with Crippen LogP contribution in [0.15, 0.2) is 28.2 Å². The first-order valence-corrected chi connectivity index (χ1v) is 9.31. The molecular formula is C17H23N3O2S. The number of nitrogens with one attached hydrogen (secondary N) is 2. The summed E-state index contributed by atoms with van der Waals surface area (Å²) in [6.45, 7) is 3.42. The van der Waals surface area contributed by atoms with Gasteiger partial charge in [0.05, 0.1) is 23.8 Å². The lowest BCUT2D eigenvalue weighted by Crippen LogP contribution is -2.50. The van der Waals surface area contributed by atoms with Gasteiger partial charge in [0.1, 0.15) is 6.26 Å². The summed E-state index contributed by atoms with van der Waals surface area (Å²) in [7, 11) is 0. The summed E-state index contributed by atoms with van der Waals surface area (Å²) < 4.78 is 11.2. The predicted molar refractivity (Wildman–Crippen MR) is 90.4 cm³/mol. The fourth-order valence-corrected chi connectivity index (χ4v) is 4.38. The fraction of sp³-hybridized carbons (Fsp3) is 0.588. The van der Waals surface area contributed by atoms with Crippen molar-refractivity contribution in [1.82, 2.24) is 15.6 Å². The fourth-order valence-electron chi connectivity index (χ4n) is 3.72. The van der Waals surface area contributed by atoms with Crippen molar-refractivity contribution in [2.45, 2.75) is 37.9 Å². The number of ether oxygens (including phenoxy) is 1. The molecular weight excluding hydrogens is 310 g/mol. The average Bonchev–Trinajstić information content (AvgIpc) is 3.33. The molecule has 2 N–H and O–H groups in total. The maximum absolute atomic E-state index is 5.63. The van der Waals surface area contributed by atoms with Gasteiger partial charge in [0.2, 0.25) is 5.89 Å². The van der Waals surface area contributed by atoms with Crippen molar-refractivity contribution >= 4 is 11.3 Å². The SMILES string of the molecule is c1csc(-c2nc(CNC3CCCC3C3COCCN3)co2)c1. The molecule has 2 fully saturated rings. The highest BCUT2D eigenvalue weighted by atomic mass is 32.1. The summed E-state index contributed by atoms with van der Waals surface area (Å²) in [5.41, 5.74) is 0.979. The standard InChI is InChI=1S/C17H23N3O2S/c1-3-13(15-11-21-7-6-18-15)14(4-1)19-9-12-10-22-17(20-12)16-5-2-8-23-16/h2,5,8,10,13-15,18-19H,1,3-4,6-7,9,11H2. The first-order chi connectivity index (χ1) is 11.4. The Morgan fingerprint density at radius 2 is 2.39 bits per heavy atom. The van der Waals surface area contributed by atoms with Crippen LogP contribution >= 0.6 is 11.3 Å².